The topological polar surface area (TPSA) is 90.0 Å². The molecule has 7 nitrogen and oxygen atoms in total. The highest BCUT2D eigenvalue weighted by Gasteiger charge is 2.42. The number of likely N-dealkylation sites (N-methyl/N-ethyl adjacent to an activating group) is 1. The highest BCUT2D eigenvalue weighted by Crippen LogP contribution is 2.29. The summed E-state index contributed by atoms with van der Waals surface area (Å²) >= 11 is 0. The third-order valence-electron chi connectivity index (χ3n) is 3.78. The van der Waals surface area contributed by atoms with Crippen LogP contribution >= 0.6 is 0 Å². The van der Waals surface area contributed by atoms with Gasteiger partial charge in [-0.1, -0.05) is 0 Å². The Kier molecular flexibility index (Phi) is 5.35. The van der Waals surface area contributed by atoms with E-state index < -0.39 is 11.4 Å². The second kappa shape index (κ2) is 6.58. The molecule has 1 aliphatic rings. The predicted octanol–water partition coefficient (Wildman–Crippen LogP) is 0.361. The van der Waals surface area contributed by atoms with Crippen molar-refractivity contribution in [2.75, 3.05) is 32.7 Å². The number of carboxylic acids is 1. The second-order valence-corrected chi connectivity index (χ2v) is 5.26. The molecule has 1 rings (SSSR count). The van der Waals surface area contributed by atoms with Crippen LogP contribution in [0.2, 0.25) is 0 Å². The number of amides is 3. The average Bonchev–Trinajstić information content (AvgIpc) is 2.81. The van der Waals surface area contributed by atoms with E-state index >= 15 is 0 Å². The molecule has 1 atom stereocenters. The van der Waals surface area contributed by atoms with Gasteiger partial charge in [0, 0.05) is 26.2 Å². The van der Waals surface area contributed by atoms with Gasteiger partial charge < -0.3 is 20.2 Å². The number of carbonyl (C=O) groups is 3. The first-order valence-corrected chi connectivity index (χ1v) is 6.88. The third-order valence-corrected chi connectivity index (χ3v) is 3.78. The van der Waals surface area contributed by atoms with E-state index in [4.69, 9.17) is 5.11 Å². The monoisotopic (exact) mass is 285 g/mol. The summed E-state index contributed by atoms with van der Waals surface area (Å²) in [5.41, 5.74) is -0.889. The number of likely N-dealkylation sites (tertiary alicyclic amines) is 1. The zero-order valence-electron chi connectivity index (χ0n) is 12.3. The summed E-state index contributed by atoms with van der Waals surface area (Å²) in [7, 11) is 0. The Labute approximate surface area is 118 Å². The molecule has 3 amide bonds. The van der Waals surface area contributed by atoms with Crippen LogP contribution in [0.5, 0.6) is 0 Å². The van der Waals surface area contributed by atoms with Crippen molar-refractivity contribution in [2.45, 2.75) is 27.2 Å². The van der Waals surface area contributed by atoms with Crippen LogP contribution in [0.4, 0.5) is 4.79 Å². The van der Waals surface area contributed by atoms with E-state index in [9.17, 15) is 14.4 Å². The van der Waals surface area contributed by atoms with E-state index in [1.165, 1.54) is 4.90 Å². The van der Waals surface area contributed by atoms with Gasteiger partial charge in [-0.3, -0.25) is 9.59 Å². The molecule has 1 saturated heterocycles. The maximum Gasteiger partial charge on any atom is 0.317 e. The van der Waals surface area contributed by atoms with Gasteiger partial charge in [0.2, 0.25) is 5.91 Å². The minimum Gasteiger partial charge on any atom is -0.481 e. The number of nitrogens with one attached hydrogen (secondary N) is 1. The normalized spacial score (nSPS) is 21.6. The van der Waals surface area contributed by atoms with Crippen molar-refractivity contribution >= 4 is 17.9 Å². The van der Waals surface area contributed by atoms with Crippen molar-refractivity contribution in [1.82, 2.24) is 15.1 Å². The van der Waals surface area contributed by atoms with Gasteiger partial charge in [-0.15, -0.1) is 0 Å². The van der Waals surface area contributed by atoms with E-state index in [0.29, 0.717) is 26.1 Å². The zero-order chi connectivity index (χ0) is 15.3. The lowest BCUT2D eigenvalue weighted by molar-refractivity contribution is -0.147. The predicted molar refractivity (Wildman–Crippen MR) is 73.3 cm³/mol. The molecule has 0 spiro atoms. The molecule has 0 saturated carbocycles. The lowest BCUT2D eigenvalue weighted by Crippen LogP contribution is -2.45. The van der Waals surface area contributed by atoms with Gasteiger partial charge in [0.15, 0.2) is 0 Å². The van der Waals surface area contributed by atoms with Crippen LogP contribution in [-0.2, 0) is 9.59 Å². The molecule has 7 heteroatoms. The van der Waals surface area contributed by atoms with Crippen LogP contribution in [0.1, 0.15) is 27.2 Å². The summed E-state index contributed by atoms with van der Waals surface area (Å²) in [6.45, 7) is 7.11. The molecule has 20 heavy (non-hydrogen) atoms. The highest BCUT2D eigenvalue weighted by atomic mass is 16.4. The minimum absolute atomic E-state index is 0.0548. The molecule has 2 N–H and O–H groups in total. The lowest BCUT2D eigenvalue weighted by Gasteiger charge is -2.22. The van der Waals surface area contributed by atoms with Crippen LogP contribution < -0.4 is 5.32 Å². The maximum absolute atomic E-state index is 11.9. The molecule has 1 fully saturated rings. The number of aliphatic carboxylic acids is 1. The summed E-state index contributed by atoms with van der Waals surface area (Å²) < 4.78 is 0. The van der Waals surface area contributed by atoms with Crippen molar-refractivity contribution in [1.29, 1.82) is 0 Å². The Morgan fingerprint density at radius 1 is 1.30 bits per heavy atom. The smallest absolute Gasteiger partial charge is 0.317 e. The highest BCUT2D eigenvalue weighted by molar-refractivity contribution is 5.85. The van der Waals surface area contributed by atoms with Crippen LogP contribution in [0.15, 0.2) is 0 Å². The lowest BCUT2D eigenvalue weighted by atomic mass is 9.90. The van der Waals surface area contributed by atoms with Crippen molar-refractivity contribution < 1.29 is 19.5 Å². The van der Waals surface area contributed by atoms with Gasteiger partial charge in [0.1, 0.15) is 0 Å². The fourth-order valence-corrected chi connectivity index (χ4v) is 2.26. The van der Waals surface area contributed by atoms with Crippen molar-refractivity contribution in [3.63, 3.8) is 0 Å². The number of carboxylic acid groups (broad SMARTS) is 1. The van der Waals surface area contributed by atoms with Crippen molar-refractivity contribution in [3.05, 3.63) is 0 Å². The molecule has 0 aliphatic carbocycles. The molecule has 0 bridgehead atoms. The largest absolute Gasteiger partial charge is 0.481 e. The molecule has 0 aromatic heterocycles. The fraction of sp³-hybridized carbons (Fsp3) is 0.769. The maximum atomic E-state index is 11.9. The standard InChI is InChI=1S/C13H23N3O4/c1-4-15(5-2)10(17)8-14-12(20)16-7-6-13(3,9-16)11(18)19/h4-9H2,1-3H3,(H,14,20)(H,18,19). The summed E-state index contributed by atoms with van der Waals surface area (Å²) in [6.07, 6.45) is 0.430. The Morgan fingerprint density at radius 2 is 1.90 bits per heavy atom. The second-order valence-electron chi connectivity index (χ2n) is 5.26. The van der Waals surface area contributed by atoms with E-state index in [-0.39, 0.29) is 25.0 Å². The van der Waals surface area contributed by atoms with Gasteiger partial charge in [-0.05, 0) is 27.2 Å². The first-order valence-electron chi connectivity index (χ1n) is 6.88. The van der Waals surface area contributed by atoms with Gasteiger partial charge in [0.05, 0.1) is 12.0 Å². The molecular weight excluding hydrogens is 262 g/mol. The zero-order valence-corrected chi connectivity index (χ0v) is 12.3. The number of nitrogens with zero attached hydrogens (tertiary/aromatic N) is 2. The summed E-state index contributed by atoms with van der Waals surface area (Å²) in [6, 6.07) is -0.379. The van der Waals surface area contributed by atoms with Gasteiger partial charge >= 0.3 is 12.0 Å². The first kappa shape index (κ1) is 16.3. The molecule has 1 unspecified atom stereocenters. The first-order chi connectivity index (χ1) is 9.34. The summed E-state index contributed by atoms with van der Waals surface area (Å²) in [4.78, 5) is 37.9. The number of carbonyl (C=O) groups excluding carboxylic acids is 2. The number of rotatable bonds is 5. The third kappa shape index (κ3) is 3.61. The van der Waals surface area contributed by atoms with E-state index in [1.807, 2.05) is 13.8 Å². The minimum atomic E-state index is -0.896. The molecule has 1 aliphatic heterocycles. The summed E-state index contributed by atoms with van der Waals surface area (Å²) in [5, 5.41) is 11.7. The average molecular weight is 285 g/mol. The van der Waals surface area contributed by atoms with Gasteiger partial charge in [-0.25, -0.2) is 4.79 Å². The van der Waals surface area contributed by atoms with Gasteiger partial charge in [-0.2, -0.15) is 0 Å². The van der Waals surface area contributed by atoms with Crippen LogP contribution in [-0.4, -0.2) is 65.5 Å². The molecule has 114 valence electrons. The SMILES string of the molecule is CCN(CC)C(=O)CNC(=O)N1CCC(C)(C(=O)O)C1. The number of hydrogen-bond acceptors (Lipinski definition) is 3. The van der Waals surface area contributed by atoms with Crippen molar-refractivity contribution in [3.8, 4) is 0 Å². The quantitative estimate of drug-likeness (QED) is 0.763. The molecule has 0 radical (unpaired) electrons. The molecular formula is C13H23N3O4. The number of hydrogen-bond donors (Lipinski definition) is 2. The number of urea groups is 1. The Balaban J connectivity index is 2.45. The molecule has 1 heterocycles. The fourth-order valence-electron chi connectivity index (χ4n) is 2.26. The van der Waals surface area contributed by atoms with Crippen molar-refractivity contribution in [2.24, 2.45) is 5.41 Å². The Morgan fingerprint density at radius 3 is 2.35 bits per heavy atom. The Bertz CT molecular complexity index is 395. The van der Waals surface area contributed by atoms with E-state index in [1.54, 1.807) is 11.8 Å². The van der Waals surface area contributed by atoms with Crippen LogP contribution in [0.3, 0.4) is 0 Å². The summed E-state index contributed by atoms with van der Waals surface area (Å²) in [5.74, 6) is -1.03. The van der Waals surface area contributed by atoms with Gasteiger partial charge in [0.25, 0.3) is 0 Å². The van der Waals surface area contributed by atoms with Crippen LogP contribution in [0, 0.1) is 5.41 Å². The van der Waals surface area contributed by atoms with E-state index in [2.05, 4.69) is 5.32 Å². The van der Waals surface area contributed by atoms with E-state index in [0.717, 1.165) is 0 Å². The Hall–Kier alpha value is -1.79. The molecule has 0 aromatic carbocycles. The van der Waals surface area contributed by atoms with Crippen LogP contribution in [0.25, 0.3) is 0 Å². The molecule has 0 aromatic rings.